The molecule has 0 spiro atoms. The van der Waals surface area contributed by atoms with E-state index in [1.165, 1.54) is 0 Å². The molecule has 0 unspecified atom stereocenters. The van der Waals surface area contributed by atoms with Crippen LogP contribution in [0.4, 0.5) is 0 Å². The van der Waals surface area contributed by atoms with E-state index in [9.17, 15) is 10.2 Å². The predicted molar refractivity (Wildman–Crippen MR) is 76.0 cm³/mol. The molecule has 2 heterocycles. The molecule has 0 aromatic rings. The normalized spacial score (nSPS) is 29.0. The Hall–Kier alpha value is -1.14. The van der Waals surface area contributed by atoms with Crippen molar-refractivity contribution in [3.8, 4) is 0 Å². The van der Waals surface area contributed by atoms with E-state index in [2.05, 4.69) is 9.98 Å². The Morgan fingerprint density at radius 3 is 1.45 bits per heavy atom. The fourth-order valence-electron chi connectivity index (χ4n) is 2.09. The summed E-state index contributed by atoms with van der Waals surface area (Å²) in [6.07, 6.45) is -2.44. The van der Waals surface area contributed by atoms with E-state index in [1.807, 2.05) is 27.7 Å². The Bertz CT molecular complexity index is 368. The topological polar surface area (TPSA) is 83.6 Å². The third-order valence-electron chi connectivity index (χ3n) is 3.73. The van der Waals surface area contributed by atoms with E-state index in [0.29, 0.717) is 25.0 Å². The van der Waals surface area contributed by atoms with Gasteiger partial charge in [-0.25, -0.2) is 9.98 Å². The number of hydrogen-bond acceptors (Lipinski definition) is 6. The molecular weight excluding hydrogens is 260 g/mol. The van der Waals surface area contributed by atoms with Crippen LogP contribution in [-0.4, -0.2) is 59.5 Å². The Morgan fingerprint density at radius 1 is 0.850 bits per heavy atom. The molecule has 0 saturated carbocycles. The van der Waals surface area contributed by atoms with Crippen LogP contribution in [0.5, 0.6) is 0 Å². The van der Waals surface area contributed by atoms with Crippen LogP contribution in [0.3, 0.4) is 0 Å². The molecule has 0 radical (unpaired) electrons. The summed E-state index contributed by atoms with van der Waals surface area (Å²) in [5.41, 5.74) is 0. The Balaban J connectivity index is 2.01. The molecule has 6 nitrogen and oxygen atoms in total. The third-order valence-corrected chi connectivity index (χ3v) is 3.73. The average Bonchev–Trinajstić information content (AvgIpc) is 3.05. The smallest absolute Gasteiger partial charge is 0.216 e. The van der Waals surface area contributed by atoms with Gasteiger partial charge in [-0.15, -0.1) is 0 Å². The lowest BCUT2D eigenvalue weighted by molar-refractivity contribution is 0.0738. The maximum Gasteiger partial charge on any atom is 0.216 e. The molecule has 0 saturated heterocycles. The summed E-state index contributed by atoms with van der Waals surface area (Å²) in [5.74, 6) is 1.02. The molecule has 4 atom stereocenters. The zero-order valence-electron chi connectivity index (χ0n) is 12.5. The van der Waals surface area contributed by atoms with Crippen LogP contribution < -0.4 is 0 Å². The van der Waals surface area contributed by atoms with Crippen LogP contribution in [0.1, 0.15) is 27.7 Å². The van der Waals surface area contributed by atoms with Gasteiger partial charge in [-0.05, 0) is 11.8 Å². The molecule has 0 aromatic carbocycles. The van der Waals surface area contributed by atoms with Crippen molar-refractivity contribution in [2.24, 2.45) is 21.8 Å². The van der Waals surface area contributed by atoms with Crippen molar-refractivity contribution in [3.05, 3.63) is 0 Å². The van der Waals surface area contributed by atoms with E-state index in [1.54, 1.807) is 0 Å². The first-order chi connectivity index (χ1) is 9.40. The van der Waals surface area contributed by atoms with Gasteiger partial charge in [-0.1, -0.05) is 27.7 Å². The molecule has 2 aliphatic rings. The standard InChI is InChI=1S/C14H24N2O4/c1-7(2)9-5-19-13(15-9)11(17)12(18)14-16-10(6-20-14)8(3)4/h7-12,17-18H,5-6H2,1-4H3/t9-,10-,11-,12-/m1/s1. The van der Waals surface area contributed by atoms with Crippen molar-refractivity contribution in [1.29, 1.82) is 0 Å². The summed E-state index contributed by atoms with van der Waals surface area (Å²) in [6, 6.07) is 0.0587. The van der Waals surface area contributed by atoms with Gasteiger partial charge in [0.1, 0.15) is 13.2 Å². The average molecular weight is 284 g/mol. The molecule has 20 heavy (non-hydrogen) atoms. The number of aliphatic hydroxyl groups is 2. The summed E-state index contributed by atoms with van der Waals surface area (Å²) < 4.78 is 10.7. The van der Waals surface area contributed by atoms with E-state index < -0.39 is 12.2 Å². The minimum Gasteiger partial charge on any atom is -0.477 e. The zero-order valence-corrected chi connectivity index (χ0v) is 12.5. The van der Waals surface area contributed by atoms with Crippen molar-refractivity contribution >= 4 is 11.8 Å². The molecule has 2 aliphatic heterocycles. The number of aliphatic imine (C=N–C) groups is 2. The monoisotopic (exact) mass is 284 g/mol. The Morgan fingerprint density at radius 2 is 1.20 bits per heavy atom. The second kappa shape index (κ2) is 6.10. The minimum atomic E-state index is -1.22. The number of hydrogen-bond donors (Lipinski definition) is 2. The molecule has 0 aliphatic carbocycles. The lowest BCUT2D eigenvalue weighted by atomic mass is 10.1. The van der Waals surface area contributed by atoms with E-state index in [4.69, 9.17) is 9.47 Å². The number of ether oxygens (including phenoxy) is 2. The molecule has 2 N–H and O–H groups in total. The highest BCUT2D eigenvalue weighted by Crippen LogP contribution is 2.19. The highest BCUT2D eigenvalue weighted by atomic mass is 16.5. The van der Waals surface area contributed by atoms with Crippen LogP contribution in [0.15, 0.2) is 9.98 Å². The van der Waals surface area contributed by atoms with Crippen molar-refractivity contribution < 1.29 is 19.7 Å². The fourth-order valence-corrected chi connectivity index (χ4v) is 2.09. The zero-order chi connectivity index (χ0) is 14.9. The van der Waals surface area contributed by atoms with Crippen LogP contribution in [0, 0.1) is 11.8 Å². The van der Waals surface area contributed by atoms with Gasteiger partial charge in [-0.2, -0.15) is 0 Å². The van der Waals surface area contributed by atoms with E-state index >= 15 is 0 Å². The number of aliphatic hydroxyl groups excluding tert-OH is 2. The van der Waals surface area contributed by atoms with Gasteiger partial charge in [-0.3, -0.25) is 0 Å². The SMILES string of the molecule is CC(C)[C@H]1COC([C@H](O)[C@@H](O)C2=N[C@@H](C(C)C)CO2)=N1. The maximum atomic E-state index is 10.1. The highest BCUT2D eigenvalue weighted by Gasteiger charge is 2.36. The number of nitrogens with zero attached hydrogens (tertiary/aromatic N) is 2. The first-order valence-corrected chi connectivity index (χ1v) is 7.17. The summed E-state index contributed by atoms with van der Waals surface area (Å²) in [6.45, 7) is 9.06. The molecule has 114 valence electrons. The molecule has 0 amide bonds. The molecular formula is C14H24N2O4. The quantitative estimate of drug-likeness (QED) is 0.775. The van der Waals surface area contributed by atoms with Gasteiger partial charge in [0.15, 0.2) is 12.2 Å². The van der Waals surface area contributed by atoms with Crippen LogP contribution in [0.2, 0.25) is 0 Å². The minimum absolute atomic E-state index is 0.0293. The van der Waals surface area contributed by atoms with Crippen molar-refractivity contribution in [3.63, 3.8) is 0 Å². The van der Waals surface area contributed by atoms with Gasteiger partial charge < -0.3 is 19.7 Å². The fraction of sp³-hybridized carbons (Fsp3) is 0.857. The summed E-state index contributed by atoms with van der Waals surface area (Å²) >= 11 is 0. The first-order valence-electron chi connectivity index (χ1n) is 7.17. The molecule has 6 heteroatoms. The molecule has 0 fully saturated rings. The Labute approximate surface area is 119 Å². The predicted octanol–water partition coefficient (Wildman–Crippen LogP) is 0.615. The highest BCUT2D eigenvalue weighted by molar-refractivity contribution is 5.92. The summed E-state index contributed by atoms with van der Waals surface area (Å²) in [5, 5.41) is 20.3. The number of rotatable bonds is 5. The summed E-state index contributed by atoms with van der Waals surface area (Å²) in [7, 11) is 0. The van der Waals surface area contributed by atoms with Crippen LogP contribution in [0.25, 0.3) is 0 Å². The Kier molecular flexibility index (Phi) is 4.65. The van der Waals surface area contributed by atoms with Crippen LogP contribution in [-0.2, 0) is 9.47 Å². The van der Waals surface area contributed by atoms with Crippen molar-refractivity contribution in [2.45, 2.75) is 52.0 Å². The van der Waals surface area contributed by atoms with E-state index in [0.717, 1.165) is 0 Å². The van der Waals surface area contributed by atoms with Gasteiger partial charge in [0.25, 0.3) is 0 Å². The molecule has 2 rings (SSSR count). The van der Waals surface area contributed by atoms with Gasteiger partial charge in [0, 0.05) is 0 Å². The lowest BCUT2D eigenvalue weighted by Gasteiger charge is -2.16. The maximum absolute atomic E-state index is 10.1. The lowest BCUT2D eigenvalue weighted by Crippen LogP contribution is -2.40. The van der Waals surface area contributed by atoms with Gasteiger partial charge in [0.05, 0.1) is 12.1 Å². The summed E-state index contributed by atoms with van der Waals surface area (Å²) in [4.78, 5) is 8.62. The van der Waals surface area contributed by atoms with Crippen molar-refractivity contribution in [1.82, 2.24) is 0 Å². The second-order valence-electron chi connectivity index (χ2n) is 6.07. The van der Waals surface area contributed by atoms with E-state index in [-0.39, 0.29) is 23.9 Å². The van der Waals surface area contributed by atoms with Gasteiger partial charge >= 0.3 is 0 Å². The largest absolute Gasteiger partial charge is 0.477 e. The van der Waals surface area contributed by atoms with Crippen LogP contribution >= 0.6 is 0 Å². The van der Waals surface area contributed by atoms with Gasteiger partial charge in [0.2, 0.25) is 11.8 Å². The molecule has 0 aromatic heterocycles. The first kappa shape index (κ1) is 15.3. The third kappa shape index (κ3) is 3.12. The molecule has 0 bridgehead atoms. The van der Waals surface area contributed by atoms with Crippen molar-refractivity contribution in [2.75, 3.05) is 13.2 Å². The second-order valence-corrected chi connectivity index (χ2v) is 6.07.